The number of anilines is 6. The molecule has 0 unspecified atom stereocenters. The van der Waals surface area contributed by atoms with E-state index in [2.05, 4.69) is 180 Å². The van der Waals surface area contributed by atoms with E-state index in [0.717, 1.165) is 0 Å². The van der Waals surface area contributed by atoms with Crippen molar-refractivity contribution >= 4 is 78.8 Å². The van der Waals surface area contributed by atoms with E-state index in [1.165, 1.54) is 121 Å². The van der Waals surface area contributed by atoms with Gasteiger partial charge in [-0.2, -0.15) is 0 Å². The summed E-state index contributed by atoms with van der Waals surface area (Å²) in [5, 5.41) is 5.06. The summed E-state index contributed by atoms with van der Waals surface area (Å²) in [6.07, 6.45) is 6.46. The van der Waals surface area contributed by atoms with Gasteiger partial charge in [-0.05, 0) is 128 Å². The van der Waals surface area contributed by atoms with Crippen LogP contribution < -0.4 is 26.2 Å². The van der Waals surface area contributed by atoms with Crippen molar-refractivity contribution in [2.45, 2.75) is 38.0 Å². The van der Waals surface area contributed by atoms with Crippen molar-refractivity contribution in [1.29, 1.82) is 0 Å². The zero-order valence-electron chi connectivity index (χ0n) is 29.8. The van der Waals surface area contributed by atoms with Crippen LogP contribution in [0.15, 0.2) is 170 Å². The van der Waals surface area contributed by atoms with Crippen LogP contribution in [0.1, 0.15) is 43.6 Å². The molecule has 0 spiro atoms. The predicted octanol–water partition coefficient (Wildman–Crippen LogP) is 11.8. The molecule has 0 bridgehead atoms. The fourth-order valence-corrected chi connectivity index (χ4v) is 9.64. The second-order valence-corrected chi connectivity index (χ2v) is 15.2. The van der Waals surface area contributed by atoms with Crippen molar-refractivity contribution in [1.82, 2.24) is 0 Å². The van der Waals surface area contributed by atoms with Crippen LogP contribution in [-0.4, -0.2) is 6.71 Å². The summed E-state index contributed by atoms with van der Waals surface area (Å²) in [6.45, 7) is 0.0867. The maximum Gasteiger partial charge on any atom is 0.252 e. The van der Waals surface area contributed by atoms with Gasteiger partial charge in [0.1, 0.15) is 0 Å². The third-order valence-corrected chi connectivity index (χ3v) is 12.2. The van der Waals surface area contributed by atoms with E-state index < -0.39 is 0 Å². The van der Waals surface area contributed by atoms with Crippen LogP contribution >= 0.6 is 0 Å². The van der Waals surface area contributed by atoms with Gasteiger partial charge in [0, 0.05) is 34.1 Å². The first-order chi connectivity index (χ1) is 26.3. The van der Waals surface area contributed by atoms with Gasteiger partial charge in [0.2, 0.25) is 0 Å². The lowest BCUT2D eigenvalue weighted by Gasteiger charge is -2.45. The molecule has 11 rings (SSSR count). The minimum absolute atomic E-state index is 0.0867. The summed E-state index contributed by atoms with van der Waals surface area (Å²) in [7, 11) is 0. The molecule has 0 atom stereocenters. The fourth-order valence-electron chi connectivity index (χ4n) is 9.64. The molecule has 2 nitrogen and oxygen atoms in total. The molecule has 0 aromatic heterocycles. The Kier molecular flexibility index (Phi) is 7.08. The molecule has 0 radical (unpaired) electrons. The Balaban J connectivity index is 1.22. The molecule has 0 amide bonds. The monoisotopic (exact) mass is 678 g/mol. The van der Waals surface area contributed by atoms with Gasteiger partial charge in [0.05, 0.1) is 0 Å². The fraction of sp³-hybridized carbons (Fsp3) is 0.120. The summed E-state index contributed by atoms with van der Waals surface area (Å²) >= 11 is 0. The second kappa shape index (κ2) is 12.3. The Hall–Kier alpha value is -6.06. The van der Waals surface area contributed by atoms with Gasteiger partial charge in [-0.25, -0.2) is 0 Å². The second-order valence-electron chi connectivity index (χ2n) is 15.2. The standard InChI is InChI=1S/C50H39BN2/c1-3-13-34(14-4-1)41-32-48-50-49(33-41)53(43-27-25-36-16-8-10-18-38(36)30-43)47-28-26-40(39-24-23-35-15-7-9-17-37(35)29-39)31-45(47)51(50)44-21-11-12-22-46(44)52(48)42-19-5-2-6-20-42/h2,5-12,15-34H,1,3-4,13-14H2. The first-order valence-electron chi connectivity index (χ1n) is 19.3. The SMILES string of the molecule is c1ccc(N2c3ccccc3B3c4cc(-c5ccc6ccccc6c5)ccc4N(c4ccc5ccccc5c4)c4cc(C5CCCCC5)cc2c43)cc1. The zero-order valence-corrected chi connectivity index (χ0v) is 29.8. The Labute approximate surface area is 312 Å². The maximum absolute atomic E-state index is 2.59. The van der Waals surface area contributed by atoms with Crippen LogP contribution in [0.5, 0.6) is 0 Å². The topological polar surface area (TPSA) is 6.48 Å². The predicted molar refractivity (Wildman–Crippen MR) is 227 cm³/mol. The maximum atomic E-state index is 2.59. The lowest BCUT2D eigenvalue weighted by molar-refractivity contribution is 0.444. The van der Waals surface area contributed by atoms with Crippen molar-refractivity contribution in [3.8, 4) is 11.1 Å². The van der Waals surface area contributed by atoms with Crippen LogP contribution in [-0.2, 0) is 0 Å². The lowest BCUT2D eigenvalue weighted by Crippen LogP contribution is -2.61. The molecule has 8 aromatic carbocycles. The third-order valence-electron chi connectivity index (χ3n) is 12.2. The molecule has 2 aliphatic heterocycles. The molecule has 0 N–H and O–H groups in total. The minimum Gasteiger partial charge on any atom is -0.311 e. The van der Waals surface area contributed by atoms with E-state index in [4.69, 9.17) is 0 Å². The molecule has 252 valence electrons. The Morgan fingerprint density at radius 2 is 0.981 bits per heavy atom. The van der Waals surface area contributed by atoms with Crippen molar-refractivity contribution in [3.05, 3.63) is 175 Å². The van der Waals surface area contributed by atoms with E-state index in [9.17, 15) is 0 Å². The largest absolute Gasteiger partial charge is 0.311 e. The number of para-hydroxylation sites is 2. The van der Waals surface area contributed by atoms with Gasteiger partial charge in [-0.15, -0.1) is 0 Å². The molecule has 3 heteroatoms. The molecule has 0 saturated heterocycles. The highest BCUT2D eigenvalue weighted by Gasteiger charge is 2.44. The molecular weight excluding hydrogens is 639 g/mol. The normalized spacial score (nSPS) is 15.0. The highest BCUT2D eigenvalue weighted by Crippen LogP contribution is 2.47. The first-order valence-corrected chi connectivity index (χ1v) is 19.3. The van der Waals surface area contributed by atoms with Crippen LogP contribution in [0.3, 0.4) is 0 Å². The van der Waals surface area contributed by atoms with Gasteiger partial charge in [0.25, 0.3) is 6.71 Å². The quantitative estimate of drug-likeness (QED) is 0.171. The average molecular weight is 679 g/mol. The summed E-state index contributed by atoms with van der Waals surface area (Å²) in [4.78, 5) is 5.14. The minimum atomic E-state index is 0.0867. The van der Waals surface area contributed by atoms with E-state index in [0.29, 0.717) is 5.92 Å². The molecule has 2 heterocycles. The van der Waals surface area contributed by atoms with Crippen molar-refractivity contribution in [2.75, 3.05) is 9.80 Å². The molecule has 8 aromatic rings. The highest BCUT2D eigenvalue weighted by atomic mass is 15.2. The number of nitrogens with zero attached hydrogens (tertiary/aromatic N) is 2. The van der Waals surface area contributed by atoms with Gasteiger partial charge >= 0.3 is 0 Å². The molecule has 3 aliphatic rings. The van der Waals surface area contributed by atoms with Crippen LogP contribution in [0, 0.1) is 0 Å². The van der Waals surface area contributed by atoms with E-state index in [1.54, 1.807) is 0 Å². The van der Waals surface area contributed by atoms with Crippen LogP contribution in [0.2, 0.25) is 0 Å². The summed E-state index contributed by atoms with van der Waals surface area (Å²) in [5.41, 5.74) is 15.6. The summed E-state index contributed by atoms with van der Waals surface area (Å²) in [6, 6.07) is 63.9. The van der Waals surface area contributed by atoms with Crippen molar-refractivity contribution in [2.24, 2.45) is 0 Å². The smallest absolute Gasteiger partial charge is 0.252 e. The van der Waals surface area contributed by atoms with E-state index >= 15 is 0 Å². The zero-order chi connectivity index (χ0) is 34.9. The third kappa shape index (κ3) is 4.95. The number of fused-ring (bicyclic) bond motifs is 6. The lowest BCUT2D eigenvalue weighted by atomic mass is 9.33. The van der Waals surface area contributed by atoms with Gasteiger partial charge < -0.3 is 9.80 Å². The summed E-state index contributed by atoms with van der Waals surface area (Å²) in [5.74, 6) is 0.564. The highest BCUT2D eigenvalue weighted by molar-refractivity contribution is 7.00. The average Bonchev–Trinajstić information content (AvgIpc) is 3.23. The molecular formula is C50H39BN2. The molecule has 53 heavy (non-hydrogen) atoms. The Bertz CT molecular complexity index is 2690. The van der Waals surface area contributed by atoms with Crippen LogP contribution in [0.4, 0.5) is 34.1 Å². The van der Waals surface area contributed by atoms with Crippen molar-refractivity contribution in [3.63, 3.8) is 0 Å². The van der Waals surface area contributed by atoms with Crippen LogP contribution in [0.25, 0.3) is 32.7 Å². The van der Waals surface area contributed by atoms with Gasteiger partial charge in [-0.1, -0.05) is 135 Å². The number of hydrogen-bond donors (Lipinski definition) is 0. The van der Waals surface area contributed by atoms with Gasteiger partial charge in [0.15, 0.2) is 0 Å². The van der Waals surface area contributed by atoms with E-state index in [1.807, 2.05) is 0 Å². The number of hydrogen-bond acceptors (Lipinski definition) is 2. The Morgan fingerprint density at radius 3 is 1.75 bits per heavy atom. The van der Waals surface area contributed by atoms with Crippen molar-refractivity contribution < 1.29 is 0 Å². The van der Waals surface area contributed by atoms with E-state index in [-0.39, 0.29) is 6.71 Å². The number of rotatable bonds is 4. The summed E-state index contributed by atoms with van der Waals surface area (Å²) < 4.78 is 0. The molecule has 1 saturated carbocycles. The first kappa shape index (κ1) is 30.6. The van der Waals surface area contributed by atoms with Gasteiger partial charge in [-0.3, -0.25) is 0 Å². The molecule has 1 fully saturated rings. The molecule has 1 aliphatic carbocycles. The number of benzene rings is 8. The Morgan fingerprint density at radius 1 is 0.396 bits per heavy atom.